The SMILES string of the molecule is CC(NC(=O)C1CC(=O)N(CC(F)(F)F)C1)c1cccs1. The molecule has 21 heavy (non-hydrogen) atoms. The number of thiophene rings is 1. The van der Waals surface area contributed by atoms with Gasteiger partial charge >= 0.3 is 6.18 Å². The monoisotopic (exact) mass is 320 g/mol. The Morgan fingerprint density at radius 3 is 2.86 bits per heavy atom. The van der Waals surface area contributed by atoms with Gasteiger partial charge in [-0.25, -0.2) is 0 Å². The van der Waals surface area contributed by atoms with E-state index in [4.69, 9.17) is 0 Å². The third kappa shape index (κ3) is 4.20. The van der Waals surface area contributed by atoms with E-state index in [0.29, 0.717) is 4.90 Å². The van der Waals surface area contributed by atoms with Crippen LogP contribution in [0, 0.1) is 5.92 Å². The van der Waals surface area contributed by atoms with Gasteiger partial charge < -0.3 is 10.2 Å². The molecule has 1 aromatic heterocycles. The number of likely N-dealkylation sites (tertiary alicyclic amines) is 1. The third-order valence-corrected chi connectivity index (χ3v) is 4.34. The van der Waals surface area contributed by atoms with Crippen LogP contribution in [-0.2, 0) is 9.59 Å². The third-order valence-electron chi connectivity index (χ3n) is 3.28. The van der Waals surface area contributed by atoms with Crippen molar-refractivity contribution in [1.82, 2.24) is 10.2 Å². The highest BCUT2D eigenvalue weighted by Gasteiger charge is 2.40. The molecule has 1 aliphatic rings. The minimum Gasteiger partial charge on any atom is -0.348 e. The number of carbonyl (C=O) groups is 2. The first-order valence-corrected chi connectivity index (χ1v) is 7.32. The standard InChI is InChI=1S/C13H15F3N2O2S/c1-8(10-3-2-4-21-10)17-12(20)9-5-11(19)18(6-9)7-13(14,15)16/h2-4,8-9H,5-7H2,1H3,(H,17,20). The van der Waals surface area contributed by atoms with Gasteiger partial charge in [0.25, 0.3) is 0 Å². The second kappa shape index (κ2) is 6.05. The van der Waals surface area contributed by atoms with Crippen molar-refractivity contribution in [3.63, 3.8) is 0 Å². The molecular formula is C13H15F3N2O2S. The predicted molar refractivity (Wildman–Crippen MR) is 71.6 cm³/mol. The zero-order valence-corrected chi connectivity index (χ0v) is 12.1. The first kappa shape index (κ1) is 15.8. The largest absolute Gasteiger partial charge is 0.406 e. The Bertz CT molecular complexity index is 516. The van der Waals surface area contributed by atoms with Gasteiger partial charge in [0, 0.05) is 17.8 Å². The van der Waals surface area contributed by atoms with Crippen LogP contribution in [-0.4, -0.2) is 36.0 Å². The molecule has 0 aliphatic carbocycles. The molecule has 1 aliphatic heterocycles. The molecule has 2 amide bonds. The molecule has 2 rings (SSSR count). The number of hydrogen-bond acceptors (Lipinski definition) is 3. The van der Waals surface area contributed by atoms with Crippen LogP contribution in [0.25, 0.3) is 0 Å². The van der Waals surface area contributed by atoms with Gasteiger partial charge in [0.15, 0.2) is 0 Å². The Labute approximate surface area is 123 Å². The molecule has 4 nitrogen and oxygen atoms in total. The lowest BCUT2D eigenvalue weighted by Gasteiger charge is -2.19. The summed E-state index contributed by atoms with van der Waals surface area (Å²) in [6.45, 7) is 0.325. The van der Waals surface area contributed by atoms with Crippen molar-refractivity contribution >= 4 is 23.2 Å². The molecule has 1 aromatic rings. The topological polar surface area (TPSA) is 49.4 Å². The second-order valence-corrected chi connectivity index (χ2v) is 6.02. The number of rotatable bonds is 4. The molecule has 0 spiro atoms. The fraction of sp³-hybridized carbons (Fsp3) is 0.538. The van der Waals surface area contributed by atoms with Gasteiger partial charge in [0.2, 0.25) is 11.8 Å². The van der Waals surface area contributed by atoms with E-state index in [2.05, 4.69) is 5.32 Å². The van der Waals surface area contributed by atoms with Crippen LogP contribution >= 0.6 is 11.3 Å². The number of halogens is 3. The average Bonchev–Trinajstić information content (AvgIpc) is 2.98. The van der Waals surface area contributed by atoms with E-state index in [0.717, 1.165) is 4.88 Å². The maximum Gasteiger partial charge on any atom is 0.406 e. The first-order valence-electron chi connectivity index (χ1n) is 6.44. The molecule has 8 heteroatoms. The lowest BCUT2D eigenvalue weighted by Crippen LogP contribution is -2.37. The van der Waals surface area contributed by atoms with E-state index in [-0.39, 0.29) is 24.9 Å². The van der Waals surface area contributed by atoms with Crippen molar-refractivity contribution in [2.45, 2.75) is 25.6 Å². The Morgan fingerprint density at radius 2 is 2.29 bits per heavy atom. The fourth-order valence-electron chi connectivity index (χ4n) is 2.26. The normalized spacial score (nSPS) is 20.7. The summed E-state index contributed by atoms with van der Waals surface area (Å²) in [5.74, 6) is -1.73. The number of nitrogens with zero attached hydrogens (tertiary/aromatic N) is 1. The van der Waals surface area contributed by atoms with Gasteiger partial charge in [-0.3, -0.25) is 9.59 Å². The molecule has 2 heterocycles. The zero-order valence-electron chi connectivity index (χ0n) is 11.3. The van der Waals surface area contributed by atoms with Gasteiger partial charge in [-0.05, 0) is 18.4 Å². The molecule has 0 aromatic carbocycles. The van der Waals surface area contributed by atoms with Crippen LogP contribution < -0.4 is 5.32 Å². The van der Waals surface area contributed by atoms with E-state index in [9.17, 15) is 22.8 Å². The van der Waals surface area contributed by atoms with Crippen LogP contribution in [0.15, 0.2) is 17.5 Å². The van der Waals surface area contributed by atoms with Gasteiger partial charge in [-0.15, -0.1) is 11.3 Å². The van der Waals surface area contributed by atoms with Gasteiger partial charge in [0.05, 0.1) is 12.0 Å². The van der Waals surface area contributed by atoms with Crippen LogP contribution in [0.5, 0.6) is 0 Å². The van der Waals surface area contributed by atoms with E-state index < -0.39 is 24.5 Å². The molecule has 1 N–H and O–H groups in total. The van der Waals surface area contributed by atoms with Crippen molar-refractivity contribution in [1.29, 1.82) is 0 Å². The number of carbonyl (C=O) groups excluding carboxylic acids is 2. The Balaban J connectivity index is 1.91. The van der Waals surface area contributed by atoms with Crippen LogP contribution in [0.1, 0.15) is 24.3 Å². The summed E-state index contributed by atoms with van der Waals surface area (Å²) < 4.78 is 36.9. The summed E-state index contributed by atoms with van der Waals surface area (Å²) in [5, 5.41) is 4.62. The van der Waals surface area contributed by atoms with Gasteiger partial charge in [-0.2, -0.15) is 13.2 Å². The highest BCUT2D eigenvalue weighted by atomic mass is 32.1. The number of amides is 2. The van der Waals surface area contributed by atoms with Gasteiger partial charge in [-0.1, -0.05) is 6.07 Å². The minimum atomic E-state index is -4.44. The Morgan fingerprint density at radius 1 is 1.57 bits per heavy atom. The Hall–Kier alpha value is -1.57. The van der Waals surface area contributed by atoms with E-state index >= 15 is 0 Å². The second-order valence-electron chi connectivity index (χ2n) is 5.04. The van der Waals surface area contributed by atoms with Crippen molar-refractivity contribution in [2.24, 2.45) is 5.92 Å². The molecular weight excluding hydrogens is 305 g/mol. The van der Waals surface area contributed by atoms with Crippen molar-refractivity contribution < 1.29 is 22.8 Å². The first-order chi connectivity index (χ1) is 9.76. The van der Waals surface area contributed by atoms with Crippen molar-refractivity contribution in [3.8, 4) is 0 Å². The molecule has 1 fully saturated rings. The van der Waals surface area contributed by atoms with E-state index in [1.807, 2.05) is 17.5 Å². The molecule has 0 bridgehead atoms. The van der Waals surface area contributed by atoms with E-state index in [1.165, 1.54) is 11.3 Å². The average molecular weight is 320 g/mol. The van der Waals surface area contributed by atoms with Crippen molar-refractivity contribution in [2.75, 3.05) is 13.1 Å². The zero-order chi connectivity index (χ0) is 15.6. The maximum atomic E-state index is 12.3. The molecule has 2 unspecified atom stereocenters. The fourth-order valence-corrected chi connectivity index (χ4v) is 2.99. The predicted octanol–water partition coefficient (Wildman–Crippen LogP) is 2.34. The summed E-state index contributed by atoms with van der Waals surface area (Å²) in [4.78, 5) is 25.2. The molecule has 0 saturated carbocycles. The number of nitrogens with one attached hydrogen (secondary N) is 1. The summed E-state index contributed by atoms with van der Waals surface area (Å²) >= 11 is 1.48. The van der Waals surface area contributed by atoms with Gasteiger partial charge in [0.1, 0.15) is 6.54 Å². The summed E-state index contributed by atoms with van der Waals surface area (Å²) in [6, 6.07) is 3.50. The van der Waals surface area contributed by atoms with Crippen LogP contribution in [0.3, 0.4) is 0 Å². The number of hydrogen-bond donors (Lipinski definition) is 1. The highest BCUT2D eigenvalue weighted by Crippen LogP contribution is 2.25. The van der Waals surface area contributed by atoms with E-state index in [1.54, 1.807) is 6.92 Å². The van der Waals surface area contributed by atoms with Crippen molar-refractivity contribution in [3.05, 3.63) is 22.4 Å². The van der Waals surface area contributed by atoms with Crippen LogP contribution in [0.4, 0.5) is 13.2 Å². The lowest BCUT2D eigenvalue weighted by molar-refractivity contribution is -0.157. The summed E-state index contributed by atoms with van der Waals surface area (Å²) in [6.07, 6.45) is -4.61. The summed E-state index contributed by atoms with van der Waals surface area (Å²) in [5.41, 5.74) is 0. The molecule has 2 atom stereocenters. The molecule has 116 valence electrons. The molecule has 1 saturated heterocycles. The maximum absolute atomic E-state index is 12.3. The highest BCUT2D eigenvalue weighted by molar-refractivity contribution is 7.10. The smallest absolute Gasteiger partial charge is 0.348 e. The lowest BCUT2D eigenvalue weighted by atomic mass is 10.1. The van der Waals surface area contributed by atoms with Crippen LogP contribution in [0.2, 0.25) is 0 Å². The Kier molecular flexibility index (Phi) is 4.55. The minimum absolute atomic E-state index is 0.168. The molecule has 0 radical (unpaired) electrons. The summed E-state index contributed by atoms with van der Waals surface area (Å²) in [7, 11) is 0. The quantitative estimate of drug-likeness (QED) is 0.926. The number of alkyl halides is 3.